The topological polar surface area (TPSA) is 73.1 Å². The largest absolute Gasteiger partial charge is 0.492 e. The van der Waals surface area contributed by atoms with Gasteiger partial charge in [0.05, 0.1) is 18.5 Å². The van der Waals surface area contributed by atoms with Crippen molar-refractivity contribution in [3.63, 3.8) is 0 Å². The molecule has 122 valence electrons. The van der Waals surface area contributed by atoms with Crippen LogP contribution in [0.4, 0.5) is 5.13 Å². The molecule has 0 atom stereocenters. The van der Waals surface area contributed by atoms with Gasteiger partial charge >= 0.3 is 0 Å². The van der Waals surface area contributed by atoms with E-state index in [1.807, 2.05) is 37.4 Å². The van der Waals surface area contributed by atoms with Crippen molar-refractivity contribution in [2.45, 2.75) is 27.2 Å². The lowest BCUT2D eigenvalue weighted by Gasteiger charge is -2.05. The van der Waals surface area contributed by atoms with Gasteiger partial charge in [-0.2, -0.15) is 0 Å². The van der Waals surface area contributed by atoms with Gasteiger partial charge in [-0.15, -0.1) is 11.3 Å². The van der Waals surface area contributed by atoms with Crippen molar-refractivity contribution in [3.8, 4) is 17.1 Å². The summed E-state index contributed by atoms with van der Waals surface area (Å²) in [6.07, 6.45) is 6.76. The SMILES string of the molecule is CC/C=C\C(C)=C(/N)Nc1nc(-c2ccc(OCC)cn2)cs1. The third kappa shape index (κ3) is 4.82. The predicted octanol–water partition coefficient (Wildman–Crippen LogP) is 4.17. The zero-order valence-electron chi connectivity index (χ0n) is 13.7. The van der Waals surface area contributed by atoms with Crippen molar-refractivity contribution in [1.82, 2.24) is 9.97 Å². The van der Waals surface area contributed by atoms with Crippen LogP contribution in [0.1, 0.15) is 27.2 Å². The van der Waals surface area contributed by atoms with Crippen LogP contribution < -0.4 is 15.8 Å². The summed E-state index contributed by atoms with van der Waals surface area (Å²) in [5.41, 5.74) is 8.65. The number of nitrogens with zero attached hydrogens (tertiary/aromatic N) is 2. The number of nitrogens with one attached hydrogen (secondary N) is 1. The Hall–Kier alpha value is -2.34. The Morgan fingerprint density at radius 3 is 2.83 bits per heavy atom. The van der Waals surface area contributed by atoms with Crippen LogP contribution in [0.15, 0.2) is 47.3 Å². The number of hydrogen-bond donors (Lipinski definition) is 2. The van der Waals surface area contributed by atoms with E-state index < -0.39 is 0 Å². The molecule has 0 saturated carbocycles. The maximum absolute atomic E-state index is 6.04. The fourth-order valence-corrected chi connectivity index (χ4v) is 2.55. The maximum atomic E-state index is 6.04. The van der Waals surface area contributed by atoms with Crippen LogP contribution in [0.5, 0.6) is 5.75 Å². The Labute approximate surface area is 140 Å². The van der Waals surface area contributed by atoms with Crippen molar-refractivity contribution in [2.75, 3.05) is 11.9 Å². The van der Waals surface area contributed by atoms with E-state index in [2.05, 4.69) is 28.3 Å². The highest BCUT2D eigenvalue weighted by Gasteiger charge is 2.07. The maximum Gasteiger partial charge on any atom is 0.188 e. The first-order valence-corrected chi connectivity index (χ1v) is 8.46. The van der Waals surface area contributed by atoms with Crippen LogP contribution in [0.2, 0.25) is 0 Å². The molecule has 23 heavy (non-hydrogen) atoms. The molecule has 0 spiro atoms. The normalized spacial score (nSPS) is 12.3. The molecule has 0 bridgehead atoms. The first-order valence-electron chi connectivity index (χ1n) is 7.58. The van der Waals surface area contributed by atoms with Crippen molar-refractivity contribution in [2.24, 2.45) is 5.73 Å². The van der Waals surface area contributed by atoms with Gasteiger partial charge in [0.25, 0.3) is 0 Å². The van der Waals surface area contributed by atoms with Gasteiger partial charge in [0, 0.05) is 5.38 Å². The van der Waals surface area contributed by atoms with Crippen LogP contribution in [-0.2, 0) is 0 Å². The lowest BCUT2D eigenvalue weighted by Crippen LogP contribution is -2.10. The Bertz CT molecular complexity index is 689. The third-order valence-corrected chi connectivity index (χ3v) is 3.84. The minimum absolute atomic E-state index is 0.607. The number of rotatable bonds is 7. The summed E-state index contributed by atoms with van der Waals surface area (Å²) >= 11 is 1.50. The van der Waals surface area contributed by atoms with E-state index in [1.165, 1.54) is 11.3 Å². The lowest BCUT2D eigenvalue weighted by atomic mass is 10.2. The number of pyridine rings is 1. The van der Waals surface area contributed by atoms with Crippen molar-refractivity contribution in [3.05, 3.63) is 47.3 Å². The molecule has 0 aliphatic carbocycles. The fourth-order valence-electron chi connectivity index (χ4n) is 1.83. The number of allylic oxidation sites excluding steroid dienone is 3. The van der Waals surface area contributed by atoms with Crippen molar-refractivity contribution in [1.29, 1.82) is 0 Å². The summed E-state index contributed by atoms with van der Waals surface area (Å²) in [7, 11) is 0. The highest BCUT2D eigenvalue weighted by Crippen LogP contribution is 2.25. The molecule has 0 radical (unpaired) electrons. The standard InChI is InChI=1S/C17H22N4OS/c1-4-6-7-12(3)16(18)21-17-20-15(11-23-17)14-9-8-13(10-19-14)22-5-2/h6-11H,4-5,18H2,1-3H3,(H,20,21)/b7-6-,16-12+. The van der Waals surface area contributed by atoms with Gasteiger partial charge in [0.1, 0.15) is 17.3 Å². The molecule has 2 aromatic rings. The number of anilines is 1. The van der Waals surface area contributed by atoms with Crippen molar-refractivity contribution >= 4 is 16.5 Å². The Balaban J connectivity index is 2.09. The minimum atomic E-state index is 0.607. The summed E-state index contributed by atoms with van der Waals surface area (Å²) in [6, 6.07) is 3.80. The van der Waals surface area contributed by atoms with Crippen LogP contribution in [0.3, 0.4) is 0 Å². The van der Waals surface area contributed by atoms with Gasteiger partial charge in [-0.1, -0.05) is 19.1 Å². The van der Waals surface area contributed by atoms with E-state index in [9.17, 15) is 0 Å². The summed E-state index contributed by atoms with van der Waals surface area (Å²) in [6.45, 7) is 6.63. The second-order valence-corrected chi connectivity index (χ2v) is 5.74. The van der Waals surface area contributed by atoms with Crippen LogP contribution in [-0.4, -0.2) is 16.6 Å². The van der Waals surface area contributed by atoms with Crippen LogP contribution in [0.25, 0.3) is 11.4 Å². The molecule has 3 N–H and O–H groups in total. The number of hydrogen-bond acceptors (Lipinski definition) is 6. The van der Waals surface area contributed by atoms with E-state index in [0.717, 1.165) is 34.3 Å². The molecule has 0 aliphatic heterocycles. The second kappa shape index (κ2) is 8.33. The van der Waals surface area contributed by atoms with Gasteiger partial charge in [0.15, 0.2) is 5.13 Å². The molecule has 2 rings (SSSR count). The van der Waals surface area contributed by atoms with E-state index >= 15 is 0 Å². The molecule has 2 heterocycles. The lowest BCUT2D eigenvalue weighted by molar-refractivity contribution is 0.339. The number of nitrogens with two attached hydrogens (primary N) is 1. The molecule has 0 saturated heterocycles. The first-order chi connectivity index (χ1) is 11.1. The van der Waals surface area contributed by atoms with Crippen LogP contribution >= 0.6 is 11.3 Å². The van der Waals surface area contributed by atoms with Crippen LogP contribution in [0, 0.1) is 0 Å². The first kappa shape index (κ1) is 17.0. The fraction of sp³-hybridized carbons (Fsp3) is 0.294. The predicted molar refractivity (Wildman–Crippen MR) is 96.5 cm³/mol. The van der Waals surface area contributed by atoms with Crippen molar-refractivity contribution < 1.29 is 4.74 Å². The molecular formula is C17H22N4OS. The summed E-state index contributed by atoms with van der Waals surface area (Å²) in [4.78, 5) is 8.90. The molecule has 0 aliphatic rings. The number of ether oxygens (including phenoxy) is 1. The quantitative estimate of drug-likeness (QED) is 0.745. The van der Waals surface area contributed by atoms with Gasteiger partial charge in [-0.25, -0.2) is 4.98 Å². The molecule has 6 heteroatoms. The Kier molecular flexibility index (Phi) is 6.17. The molecule has 0 aromatic carbocycles. The second-order valence-electron chi connectivity index (χ2n) is 4.88. The summed E-state index contributed by atoms with van der Waals surface area (Å²) < 4.78 is 5.39. The average Bonchev–Trinajstić information content (AvgIpc) is 3.02. The summed E-state index contributed by atoms with van der Waals surface area (Å²) in [5, 5.41) is 5.83. The van der Waals surface area contributed by atoms with E-state index in [-0.39, 0.29) is 0 Å². The summed E-state index contributed by atoms with van der Waals surface area (Å²) in [5.74, 6) is 1.37. The van der Waals surface area contributed by atoms with Gasteiger partial charge in [-0.05, 0) is 38.0 Å². The number of aromatic nitrogens is 2. The zero-order valence-corrected chi connectivity index (χ0v) is 14.5. The van der Waals surface area contributed by atoms with Gasteiger partial charge in [-0.3, -0.25) is 4.98 Å². The monoisotopic (exact) mass is 330 g/mol. The highest BCUT2D eigenvalue weighted by molar-refractivity contribution is 7.14. The average molecular weight is 330 g/mol. The van der Waals surface area contributed by atoms with Gasteiger partial charge in [0.2, 0.25) is 0 Å². The Morgan fingerprint density at radius 2 is 2.17 bits per heavy atom. The Morgan fingerprint density at radius 1 is 1.35 bits per heavy atom. The van der Waals surface area contributed by atoms with E-state index in [1.54, 1.807) is 6.20 Å². The smallest absolute Gasteiger partial charge is 0.188 e. The van der Waals surface area contributed by atoms with Gasteiger partial charge < -0.3 is 15.8 Å². The molecular weight excluding hydrogens is 308 g/mol. The molecule has 2 aromatic heterocycles. The van der Waals surface area contributed by atoms with E-state index in [0.29, 0.717) is 12.4 Å². The zero-order chi connectivity index (χ0) is 16.7. The molecule has 5 nitrogen and oxygen atoms in total. The molecule has 0 fully saturated rings. The van der Waals surface area contributed by atoms with E-state index in [4.69, 9.17) is 10.5 Å². The molecule has 0 amide bonds. The molecule has 0 unspecified atom stereocenters. The number of thiazole rings is 1. The highest BCUT2D eigenvalue weighted by atomic mass is 32.1. The third-order valence-electron chi connectivity index (χ3n) is 3.08. The minimum Gasteiger partial charge on any atom is -0.492 e.